The Morgan fingerprint density at radius 1 is 0.914 bits per heavy atom. The number of amides is 1. The van der Waals surface area contributed by atoms with Crippen molar-refractivity contribution in [1.82, 2.24) is 9.88 Å². The third-order valence-electron chi connectivity index (χ3n) is 5.71. The lowest BCUT2D eigenvalue weighted by Crippen LogP contribution is -2.31. The highest BCUT2D eigenvalue weighted by molar-refractivity contribution is 6.46. The smallest absolute Gasteiger partial charge is 0.333 e. The van der Waals surface area contributed by atoms with E-state index in [2.05, 4.69) is 5.32 Å². The van der Waals surface area contributed by atoms with Gasteiger partial charge < -0.3 is 14.6 Å². The molecular weight excluding hydrogens is 487 g/mol. The lowest BCUT2D eigenvalue weighted by Gasteiger charge is -2.13. The van der Waals surface area contributed by atoms with E-state index in [1.165, 1.54) is 0 Å². The number of carbonyl (C=O) groups excluding carboxylic acids is 3. The predicted octanol–water partition coefficient (Wildman–Crippen LogP) is 5.40. The highest BCUT2D eigenvalue weighted by atomic mass is 35.5. The van der Waals surface area contributed by atoms with Crippen LogP contribution in [0.1, 0.15) is 15.9 Å². The van der Waals surface area contributed by atoms with Crippen molar-refractivity contribution in [3.8, 4) is 11.3 Å². The second-order valence-electron chi connectivity index (χ2n) is 8.02. The summed E-state index contributed by atoms with van der Waals surface area (Å²) in [6, 6.07) is 22.0. The molecule has 6 nitrogen and oxygen atoms in total. The number of benzene rings is 3. The normalized spacial score (nSPS) is 13.0. The Kier molecular flexibility index (Phi) is 6.16. The summed E-state index contributed by atoms with van der Waals surface area (Å²) in [6.07, 6.45) is 1.16. The molecule has 0 unspecified atom stereocenters. The van der Waals surface area contributed by atoms with Gasteiger partial charge in [0.15, 0.2) is 0 Å². The van der Waals surface area contributed by atoms with E-state index in [4.69, 9.17) is 27.9 Å². The molecule has 0 fully saturated rings. The van der Waals surface area contributed by atoms with Crippen LogP contribution in [0.3, 0.4) is 0 Å². The maximum Gasteiger partial charge on any atom is 0.333 e. The number of rotatable bonds is 6. The highest BCUT2D eigenvalue weighted by Gasteiger charge is 2.29. The number of ether oxygens (including phenoxy) is 1. The van der Waals surface area contributed by atoms with Crippen LogP contribution < -0.4 is 5.32 Å². The Balaban J connectivity index is 1.68. The number of ketones is 1. The molecule has 3 aromatic carbocycles. The van der Waals surface area contributed by atoms with Gasteiger partial charge >= 0.3 is 5.97 Å². The second-order valence-corrected chi connectivity index (χ2v) is 8.89. The number of esters is 1. The number of nitrogens with one attached hydrogen (secondary N) is 1. The van der Waals surface area contributed by atoms with E-state index in [-0.39, 0.29) is 17.9 Å². The Morgan fingerprint density at radius 3 is 2.23 bits per heavy atom. The van der Waals surface area contributed by atoms with Gasteiger partial charge in [-0.1, -0.05) is 65.7 Å². The highest BCUT2D eigenvalue weighted by Crippen LogP contribution is 2.35. The van der Waals surface area contributed by atoms with Crippen molar-refractivity contribution < 1.29 is 19.1 Å². The van der Waals surface area contributed by atoms with Gasteiger partial charge in [-0.3, -0.25) is 9.59 Å². The minimum absolute atomic E-state index is 0.0831. The van der Waals surface area contributed by atoms with Gasteiger partial charge in [-0.25, -0.2) is 4.79 Å². The van der Waals surface area contributed by atoms with E-state index in [0.717, 1.165) is 22.7 Å². The maximum atomic E-state index is 13.6. The van der Waals surface area contributed by atoms with Crippen molar-refractivity contribution in [1.29, 1.82) is 0 Å². The van der Waals surface area contributed by atoms with Crippen molar-refractivity contribution >= 4 is 51.8 Å². The number of carbonyl (C=O) groups is 3. The molecular formula is C27H18Cl2N2O4. The van der Waals surface area contributed by atoms with Crippen molar-refractivity contribution in [3.05, 3.63) is 106 Å². The summed E-state index contributed by atoms with van der Waals surface area (Å²) in [5.41, 5.74) is 3.59. The average Bonchev–Trinajstić information content (AvgIpc) is 3.41. The fourth-order valence-electron chi connectivity index (χ4n) is 4.14. The molecule has 174 valence electrons. The van der Waals surface area contributed by atoms with E-state index in [1.807, 2.05) is 65.2 Å². The molecule has 0 saturated heterocycles. The Morgan fingerprint density at radius 2 is 1.57 bits per heavy atom. The van der Waals surface area contributed by atoms with Gasteiger partial charge in [0.2, 0.25) is 0 Å². The molecule has 4 aromatic rings. The fourth-order valence-corrected chi connectivity index (χ4v) is 4.39. The zero-order valence-electron chi connectivity index (χ0n) is 18.3. The van der Waals surface area contributed by atoms with Crippen LogP contribution in [0.2, 0.25) is 10.0 Å². The Bertz CT molecular complexity index is 1500. The number of Topliss-reactive ketones (excluding diaryl/α,β-unsaturated/α-hetero) is 1. The second kappa shape index (κ2) is 9.41. The minimum atomic E-state index is -0.848. The van der Waals surface area contributed by atoms with Gasteiger partial charge in [0, 0.05) is 33.6 Å². The van der Waals surface area contributed by atoms with Crippen LogP contribution in [-0.4, -0.2) is 28.8 Å². The molecule has 0 atom stereocenters. The van der Waals surface area contributed by atoms with E-state index < -0.39 is 17.7 Å². The average molecular weight is 505 g/mol. The molecule has 35 heavy (non-hydrogen) atoms. The van der Waals surface area contributed by atoms with E-state index >= 15 is 0 Å². The summed E-state index contributed by atoms with van der Waals surface area (Å²) in [5.74, 6) is -2.13. The van der Waals surface area contributed by atoms with Crippen LogP contribution in [0, 0.1) is 0 Å². The molecule has 2 heterocycles. The quantitative estimate of drug-likeness (QED) is 0.216. The van der Waals surface area contributed by atoms with E-state index in [9.17, 15) is 14.4 Å². The van der Waals surface area contributed by atoms with Crippen LogP contribution >= 0.6 is 23.2 Å². The Labute approximate surface area is 210 Å². The first kappa shape index (κ1) is 22.9. The number of hydrogen-bond acceptors (Lipinski definition) is 4. The summed E-state index contributed by atoms with van der Waals surface area (Å²) in [7, 11) is 0. The molecule has 0 radical (unpaired) electrons. The largest absolute Gasteiger partial charge is 0.456 e. The number of nitrogens with zero attached hydrogens (tertiary/aromatic N) is 1. The lowest BCUT2D eigenvalue weighted by atomic mass is 10.0. The van der Waals surface area contributed by atoms with Crippen LogP contribution in [0.25, 0.3) is 22.2 Å². The van der Waals surface area contributed by atoms with Crippen molar-refractivity contribution in [3.63, 3.8) is 0 Å². The molecule has 0 spiro atoms. The fraction of sp³-hybridized carbons (Fsp3) is 0.0741. The lowest BCUT2D eigenvalue weighted by molar-refractivity contribution is -0.135. The molecule has 1 aliphatic heterocycles. The van der Waals surface area contributed by atoms with Gasteiger partial charge in [0.1, 0.15) is 6.61 Å². The number of aromatic nitrogens is 1. The first-order chi connectivity index (χ1) is 16.9. The third-order valence-corrected chi connectivity index (χ3v) is 6.22. The molecule has 0 aliphatic carbocycles. The van der Waals surface area contributed by atoms with Crippen molar-refractivity contribution in [2.45, 2.75) is 6.54 Å². The zero-order chi connectivity index (χ0) is 24.5. The number of fused-ring (bicyclic) bond motifs is 1. The molecule has 0 saturated carbocycles. The molecule has 1 aliphatic rings. The molecule has 1 N–H and O–H groups in total. The summed E-state index contributed by atoms with van der Waals surface area (Å²) in [6.45, 7) is 0.359. The van der Waals surface area contributed by atoms with Crippen molar-refractivity contribution in [2.24, 2.45) is 0 Å². The number of halogens is 2. The van der Waals surface area contributed by atoms with Crippen LogP contribution in [-0.2, 0) is 20.9 Å². The number of hydrogen-bond donors (Lipinski definition) is 1. The van der Waals surface area contributed by atoms with Crippen molar-refractivity contribution in [2.75, 3.05) is 6.61 Å². The van der Waals surface area contributed by atoms with Crippen LogP contribution in [0.15, 0.2) is 84.6 Å². The summed E-state index contributed by atoms with van der Waals surface area (Å²) in [5, 5.41) is 4.32. The predicted molar refractivity (Wildman–Crippen MR) is 134 cm³/mol. The SMILES string of the molecule is O=C1C=C(NC(=O)C(=O)c2c(-c3ccc(Cl)cc3)n(Cc3ccc(Cl)cc3)c3ccccc23)CO1. The van der Waals surface area contributed by atoms with Crippen LogP contribution in [0.5, 0.6) is 0 Å². The zero-order valence-corrected chi connectivity index (χ0v) is 19.8. The van der Waals surface area contributed by atoms with Gasteiger partial charge in [-0.15, -0.1) is 0 Å². The monoisotopic (exact) mass is 504 g/mol. The Hall–Kier alpha value is -3.87. The number of cyclic esters (lactones) is 1. The molecule has 1 aromatic heterocycles. The minimum Gasteiger partial charge on any atom is -0.456 e. The summed E-state index contributed by atoms with van der Waals surface area (Å²) >= 11 is 12.2. The first-order valence-electron chi connectivity index (χ1n) is 10.8. The van der Waals surface area contributed by atoms with Gasteiger partial charge in [0.05, 0.1) is 17.0 Å². The molecule has 0 bridgehead atoms. The van der Waals surface area contributed by atoms with Gasteiger partial charge in [-0.2, -0.15) is 0 Å². The summed E-state index contributed by atoms with van der Waals surface area (Å²) < 4.78 is 6.83. The summed E-state index contributed by atoms with van der Waals surface area (Å²) in [4.78, 5) is 37.9. The molecule has 8 heteroatoms. The number of para-hydroxylation sites is 1. The third kappa shape index (κ3) is 4.58. The van der Waals surface area contributed by atoms with Gasteiger partial charge in [0.25, 0.3) is 11.7 Å². The maximum absolute atomic E-state index is 13.6. The standard InChI is InChI=1S/C27H18Cl2N2O4/c28-18-9-5-16(6-10-18)14-31-22-4-2-1-3-21(22)24(25(31)17-7-11-19(29)12-8-17)26(33)27(34)30-20-13-23(32)35-15-20/h1-13H,14-15H2,(H,30,34). The van der Waals surface area contributed by atoms with Gasteiger partial charge in [-0.05, 0) is 41.5 Å². The van der Waals surface area contributed by atoms with Crippen LogP contribution in [0.4, 0.5) is 0 Å². The van der Waals surface area contributed by atoms with E-state index in [1.54, 1.807) is 12.1 Å². The topological polar surface area (TPSA) is 77.4 Å². The molecule has 1 amide bonds. The van der Waals surface area contributed by atoms with E-state index in [0.29, 0.717) is 27.7 Å². The molecule has 5 rings (SSSR count). The first-order valence-corrected chi connectivity index (χ1v) is 11.5.